The van der Waals surface area contributed by atoms with Crippen LogP contribution >= 0.6 is 11.3 Å². The van der Waals surface area contributed by atoms with Crippen LogP contribution in [0.3, 0.4) is 0 Å². The second-order valence-electron chi connectivity index (χ2n) is 4.01. The Bertz CT molecular complexity index is 470. The van der Waals surface area contributed by atoms with E-state index in [1.54, 1.807) is 4.90 Å². The molecule has 112 valence electrons. The molecule has 1 heterocycles. The zero-order valence-corrected chi connectivity index (χ0v) is 12.8. The van der Waals surface area contributed by atoms with Gasteiger partial charge in [-0.1, -0.05) is 11.3 Å². The SMILES string of the molecule is CCNc1nc(N)c(C(=O)NCC(=O)N(CC)CC)s1. The first-order chi connectivity index (χ1) is 9.53. The van der Waals surface area contributed by atoms with E-state index in [1.165, 1.54) is 11.3 Å². The van der Waals surface area contributed by atoms with Gasteiger partial charge in [0.25, 0.3) is 5.91 Å². The van der Waals surface area contributed by atoms with Crippen LogP contribution < -0.4 is 16.4 Å². The molecule has 0 bridgehead atoms. The maximum absolute atomic E-state index is 12.0. The van der Waals surface area contributed by atoms with Gasteiger partial charge in [-0.25, -0.2) is 4.98 Å². The molecule has 2 amide bonds. The van der Waals surface area contributed by atoms with Crippen LogP contribution in [0.4, 0.5) is 10.9 Å². The number of hydrogen-bond donors (Lipinski definition) is 3. The van der Waals surface area contributed by atoms with Gasteiger partial charge >= 0.3 is 0 Å². The van der Waals surface area contributed by atoms with Crippen molar-refractivity contribution >= 4 is 34.1 Å². The smallest absolute Gasteiger partial charge is 0.265 e. The zero-order chi connectivity index (χ0) is 15.1. The number of carbonyl (C=O) groups excluding carboxylic acids is 2. The average Bonchev–Trinajstić information content (AvgIpc) is 2.79. The molecule has 0 spiro atoms. The van der Waals surface area contributed by atoms with Crippen LogP contribution in [0, 0.1) is 0 Å². The topological polar surface area (TPSA) is 100 Å². The van der Waals surface area contributed by atoms with Crippen LogP contribution in [0.5, 0.6) is 0 Å². The van der Waals surface area contributed by atoms with Crippen molar-refractivity contribution in [2.75, 3.05) is 37.2 Å². The number of aromatic nitrogens is 1. The van der Waals surface area contributed by atoms with Crippen LogP contribution in [0.2, 0.25) is 0 Å². The number of anilines is 2. The highest BCUT2D eigenvalue weighted by Crippen LogP contribution is 2.24. The minimum atomic E-state index is -0.371. The molecule has 0 aromatic carbocycles. The van der Waals surface area contributed by atoms with Crippen LogP contribution in [0.25, 0.3) is 0 Å². The van der Waals surface area contributed by atoms with Gasteiger partial charge in [0.05, 0.1) is 6.54 Å². The second kappa shape index (κ2) is 7.68. The average molecular weight is 299 g/mol. The summed E-state index contributed by atoms with van der Waals surface area (Å²) >= 11 is 1.18. The first kappa shape index (κ1) is 16.2. The van der Waals surface area contributed by atoms with Crippen LogP contribution in [0.1, 0.15) is 30.4 Å². The van der Waals surface area contributed by atoms with E-state index in [0.29, 0.717) is 29.6 Å². The highest BCUT2D eigenvalue weighted by atomic mass is 32.1. The Morgan fingerprint density at radius 1 is 1.30 bits per heavy atom. The molecule has 0 aliphatic carbocycles. The Kier molecular flexibility index (Phi) is 6.23. The number of nitrogens with zero attached hydrogens (tertiary/aromatic N) is 2. The molecule has 1 aromatic heterocycles. The minimum Gasteiger partial charge on any atom is -0.382 e. The third-order valence-electron chi connectivity index (χ3n) is 2.70. The number of nitrogens with one attached hydrogen (secondary N) is 2. The quantitative estimate of drug-likeness (QED) is 0.690. The van der Waals surface area contributed by atoms with Gasteiger partial charge in [-0.3, -0.25) is 9.59 Å². The summed E-state index contributed by atoms with van der Waals surface area (Å²) in [4.78, 5) is 29.8. The third kappa shape index (κ3) is 4.09. The molecule has 0 saturated heterocycles. The molecular formula is C12H21N5O2S. The molecule has 4 N–H and O–H groups in total. The highest BCUT2D eigenvalue weighted by Gasteiger charge is 2.17. The van der Waals surface area contributed by atoms with Crippen molar-refractivity contribution in [2.24, 2.45) is 0 Å². The predicted octanol–water partition coefficient (Wildman–Crippen LogP) is 0.755. The molecule has 0 radical (unpaired) electrons. The van der Waals surface area contributed by atoms with Gasteiger partial charge in [-0.15, -0.1) is 0 Å². The summed E-state index contributed by atoms with van der Waals surface area (Å²) in [5, 5.41) is 6.18. The molecule has 0 fully saturated rings. The fraction of sp³-hybridized carbons (Fsp3) is 0.583. The fourth-order valence-electron chi connectivity index (χ4n) is 1.65. The van der Waals surface area contributed by atoms with E-state index in [-0.39, 0.29) is 24.2 Å². The van der Waals surface area contributed by atoms with E-state index in [0.717, 1.165) is 0 Å². The number of nitrogens with two attached hydrogens (primary N) is 1. The monoisotopic (exact) mass is 299 g/mol. The zero-order valence-electron chi connectivity index (χ0n) is 12.0. The highest BCUT2D eigenvalue weighted by molar-refractivity contribution is 7.18. The number of carbonyl (C=O) groups is 2. The molecule has 0 aliphatic rings. The summed E-state index contributed by atoms with van der Waals surface area (Å²) in [7, 11) is 0. The Morgan fingerprint density at radius 3 is 2.50 bits per heavy atom. The molecule has 1 aromatic rings. The van der Waals surface area contributed by atoms with Crippen molar-refractivity contribution < 1.29 is 9.59 Å². The number of thiazole rings is 1. The van der Waals surface area contributed by atoms with Crippen molar-refractivity contribution in [2.45, 2.75) is 20.8 Å². The molecule has 0 aliphatic heterocycles. The van der Waals surface area contributed by atoms with Crippen molar-refractivity contribution in [1.82, 2.24) is 15.2 Å². The Balaban J connectivity index is 2.61. The Labute approximate surface area is 122 Å². The number of amides is 2. The largest absolute Gasteiger partial charge is 0.382 e. The van der Waals surface area contributed by atoms with E-state index in [9.17, 15) is 9.59 Å². The van der Waals surface area contributed by atoms with E-state index in [4.69, 9.17) is 5.73 Å². The summed E-state index contributed by atoms with van der Waals surface area (Å²) in [5.74, 6) is -0.304. The summed E-state index contributed by atoms with van der Waals surface area (Å²) in [6.45, 7) is 7.64. The maximum Gasteiger partial charge on any atom is 0.265 e. The summed E-state index contributed by atoms with van der Waals surface area (Å²) in [6, 6.07) is 0. The third-order valence-corrected chi connectivity index (χ3v) is 3.73. The van der Waals surface area contributed by atoms with Gasteiger partial charge in [0, 0.05) is 19.6 Å². The van der Waals surface area contributed by atoms with Crippen LogP contribution in [0.15, 0.2) is 0 Å². The molecule has 1 rings (SSSR count). The Hall–Kier alpha value is -1.83. The standard InChI is InChI=1S/C12H21N5O2S/c1-4-14-12-16-10(13)9(20-12)11(19)15-7-8(18)17(5-2)6-3/h4-7,13H2,1-3H3,(H,14,16)(H,15,19). The van der Waals surface area contributed by atoms with Gasteiger partial charge in [-0.05, 0) is 20.8 Å². The molecule has 8 heteroatoms. The lowest BCUT2D eigenvalue weighted by Gasteiger charge is -2.18. The minimum absolute atomic E-state index is 0.0333. The summed E-state index contributed by atoms with van der Waals surface area (Å²) in [6.07, 6.45) is 0. The number of nitrogen functional groups attached to an aromatic ring is 1. The maximum atomic E-state index is 12.0. The number of hydrogen-bond acceptors (Lipinski definition) is 6. The van der Waals surface area contributed by atoms with Gasteiger partial charge < -0.3 is 21.3 Å². The van der Waals surface area contributed by atoms with Crippen LogP contribution in [-0.2, 0) is 4.79 Å². The molecule has 0 atom stereocenters. The van der Waals surface area contributed by atoms with Gasteiger partial charge in [0.2, 0.25) is 5.91 Å². The van der Waals surface area contributed by atoms with Crippen molar-refractivity contribution in [3.63, 3.8) is 0 Å². The van der Waals surface area contributed by atoms with Gasteiger partial charge in [-0.2, -0.15) is 0 Å². The Morgan fingerprint density at radius 2 is 1.95 bits per heavy atom. The lowest BCUT2D eigenvalue weighted by atomic mass is 10.4. The normalized spacial score (nSPS) is 10.2. The van der Waals surface area contributed by atoms with E-state index < -0.39 is 0 Å². The number of rotatable bonds is 7. The summed E-state index contributed by atoms with van der Waals surface area (Å²) < 4.78 is 0. The van der Waals surface area contributed by atoms with Gasteiger partial charge in [0.15, 0.2) is 5.13 Å². The lowest BCUT2D eigenvalue weighted by Crippen LogP contribution is -2.39. The lowest BCUT2D eigenvalue weighted by molar-refractivity contribution is -0.129. The second-order valence-corrected chi connectivity index (χ2v) is 5.01. The van der Waals surface area contributed by atoms with Crippen molar-refractivity contribution in [3.8, 4) is 0 Å². The van der Waals surface area contributed by atoms with Gasteiger partial charge in [0.1, 0.15) is 10.7 Å². The number of likely N-dealkylation sites (N-methyl/N-ethyl adjacent to an activating group) is 1. The van der Waals surface area contributed by atoms with E-state index in [2.05, 4.69) is 15.6 Å². The molecule has 0 saturated carbocycles. The fourth-order valence-corrected chi connectivity index (χ4v) is 2.51. The first-order valence-corrected chi connectivity index (χ1v) is 7.41. The molecule has 20 heavy (non-hydrogen) atoms. The molecule has 0 unspecified atom stereocenters. The first-order valence-electron chi connectivity index (χ1n) is 6.59. The van der Waals surface area contributed by atoms with E-state index in [1.807, 2.05) is 20.8 Å². The van der Waals surface area contributed by atoms with E-state index >= 15 is 0 Å². The van der Waals surface area contributed by atoms with Crippen molar-refractivity contribution in [3.05, 3.63) is 4.88 Å². The van der Waals surface area contributed by atoms with Crippen molar-refractivity contribution in [1.29, 1.82) is 0 Å². The summed E-state index contributed by atoms with van der Waals surface area (Å²) in [5.41, 5.74) is 5.69. The molecular weight excluding hydrogens is 278 g/mol. The van der Waals surface area contributed by atoms with Crippen LogP contribution in [-0.4, -0.2) is 47.9 Å². The molecule has 7 nitrogen and oxygen atoms in total. The predicted molar refractivity (Wildman–Crippen MR) is 81.0 cm³/mol.